The molecule has 0 N–H and O–H groups in total. The molecule has 1 heterocycles. The maximum absolute atomic E-state index is 13.9. The molecule has 5 nitrogen and oxygen atoms in total. The van der Waals surface area contributed by atoms with Crippen LogP contribution < -0.4 is 4.90 Å². The molecule has 0 unspecified atom stereocenters. The van der Waals surface area contributed by atoms with Crippen molar-refractivity contribution in [1.82, 2.24) is 4.31 Å². The lowest BCUT2D eigenvalue weighted by Crippen LogP contribution is -2.48. The summed E-state index contributed by atoms with van der Waals surface area (Å²) in [5, 5.41) is 0. The number of hydrogen-bond acceptors (Lipinski definition) is 4. The number of halogens is 2. The first kappa shape index (κ1) is 18.5. The molecule has 1 aliphatic rings. The van der Waals surface area contributed by atoms with E-state index in [-0.39, 0.29) is 18.9 Å². The fraction of sp³-hybridized carbons (Fsp3) is 0.278. The van der Waals surface area contributed by atoms with Gasteiger partial charge in [-0.2, -0.15) is 4.31 Å². The summed E-state index contributed by atoms with van der Waals surface area (Å²) in [7, 11) is -4.01. The monoisotopic (exact) mass is 380 g/mol. The molecule has 0 radical (unpaired) electrons. The molecule has 2 aromatic carbocycles. The van der Waals surface area contributed by atoms with Crippen molar-refractivity contribution in [3.05, 3.63) is 59.7 Å². The Kier molecular flexibility index (Phi) is 5.06. The molecule has 8 heteroatoms. The van der Waals surface area contributed by atoms with E-state index in [4.69, 9.17) is 0 Å². The smallest absolute Gasteiger partial charge is 0.246 e. The number of benzene rings is 2. The fourth-order valence-electron chi connectivity index (χ4n) is 2.92. The normalized spacial score (nSPS) is 15.9. The minimum Gasteiger partial charge on any atom is -0.369 e. The van der Waals surface area contributed by atoms with Crippen LogP contribution in [-0.4, -0.2) is 44.7 Å². The van der Waals surface area contributed by atoms with Crippen LogP contribution in [0.25, 0.3) is 0 Å². The van der Waals surface area contributed by atoms with Gasteiger partial charge in [-0.05, 0) is 43.3 Å². The molecule has 0 saturated carbocycles. The van der Waals surface area contributed by atoms with E-state index in [0.29, 0.717) is 24.7 Å². The van der Waals surface area contributed by atoms with Gasteiger partial charge in [0.1, 0.15) is 16.5 Å². The summed E-state index contributed by atoms with van der Waals surface area (Å²) in [6.45, 7) is 2.73. The summed E-state index contributed by atoms with van der Waals surface area (Å²) in [4.78, 5) is 12.8. The second-order valence-electron chi connectivity index (χ2n) is 6.07. The predicted molar refractivity (Wildman–Crippen MR) is 93.8 cm³/mol. The number of rotatable bonds is 4. The Hall–Kier alpha value is -2.32. The average Bonchev–Trinajstić information content (AvgIpc) is 2.61. The molecule has 2 aromatic rings. The van der Waals surface area contributed by atoms with Crippen LogP contribution in [0.5, 0.6) is 0 Å². The summed E-state index contributed by atoms with van der Waals surface area (Å²) in [6, 6.07) is 9.56. The molecule has 1 saturated heterocycles. The van der Waals surface area contributed by atoms with Crippen molar-refractivity contribution in [1.29, 1.82) is 0 Å². The van der Waals surface area contributed by atoms with Crippen LogP contribution in [0, 0.1) is 11.6 Å². The molecule has 0 aromatic heterocycles. The van der Waals surface area contributed by atoms with Crippen LogP contribution in [0.15, 0.2) is 47.4 Å². The number of carbonyl (C=O) groups is 1. The van der Waals surface area contributed by atoms with Gasteiger partial charge in [-0.1, -0.05) is 0 Å². The third-order valence-corrected chi connectivity index (χ3v) is 6.32. The third kappa shape index (κ3) is 3.61. The second-order valence-corrected chi connectivity index (χ2v) is 7.98. The Morgan fingerprint density at radius 1 is 0.962 bits per heavy atom. The van der Waals surface area contributed by atoms with Crippen LogP contribution in [0.1, 0.15) is 17.3 Å². The van der Waals surface area contributed by atoms with E-state index in [1.807, 2.05) is 17.0 Å². The number of nitrogens with zero attached hydrogens (tertiary/aromatic N) is 2. The molecule has 0 aliphatic carbocycles. The molecule has 26 heavy (non-hydrogen) atoms. The molecule has 0 spiro atoms. The van der Waals surface area contributed by atoms with Gasteiger partial charge in [-0.3, -0.25) is 4.79 Å². The Morgan fingerprint density at radius 2 is 1.58 bits per heavy atom. The number of hydrogen-bond donors (Lipinski definition) is 0. The molecule has 0 amide bonds. The first-order valence-electron chi connectivity index (χ1n) is 8.10. The van der Waals surface area contributed by atoms with E-state index in [2.05, 4.69) is 0 Å². The minimum atomic E-state index is -4.01. The standard InChI is InChI=1S/C18H18F2N2O3S/c1-13(23)14-2-5-16(6-3-14)21-8-10-22(11-9-21)26(24,25)18-7-4-15(19)12-17(18)20/h2-7,12H,8-11H2,1H3. The number of sulfonamides is 1. The zero-order valence-corrected chi connectivity index (χ0v) is 15.0. The molecule has 1 aliphatic heterocycles. The first-order valence-corrected chi connectivity index (χ1v) is 9.54. The highest BCUT2D eigenvalue weighted by atomic mass is 32.2. The van der Waals surface area contributed by atoms with Gasteiger partial charge in [-0.15, -0.1) is 0 Å². The molecule has 3 rings (SSSR count). The summed E-state index contributed by atoms with van der Waals surface area (Å²) in [6.07, 6.45) is 0. The van der Waals surface area contributed by atoms with Gasteiger partial charge in [0.15, 0.2) is 5.78 Å². The maximum Gasteiger partial charge on any atom is 0.246 e. The lowest BCUT2D eigenvalue weighted by atomic mass is 10.1. The molecular weight excluding hydrogens is 362 g/mol. The second kappa shape index (κ2) is 7.13. The molecule has 0 bridgehead atoms. The third-order valence-electron chi connectivity index (χ3n) is 4.39. The molecule has 138 valence electrons. The predicted octanol–water partition coefficient (Wildman–Crippen LogP) is 2.68. The van der Waals surface area contributed by atoms with Crippen LogP contribution in [0.3, 0.4) is 0 Å². The fourth-order valence-corrected chi connectivity index (χ4v) is 4.38. The van der Waals surface area contributed by atoms with E-state index in [9.17, 15) is 22.0 Å². The summed E-state index contributed by atoms with van der Waals surface area (Å²) >= 11 is 0. The number of carbonyl (C=O) groups excluding carboxylic acids is 1. The van der Waals surface area contributed by atoms with Gasteiger partial charge >= 0.3 is 0 Å². The lowest BCUT2D eigenvalue weighted by molar-refractivity contribution is 0.101. The van der Waals surface area contributed by atoms with E-state index in [1.165, 1.54) is 11.2 Å². The van der Waals surface area contributed by atoms with E-state index >= 15 is 0 Å². The summed E-state index contributed by atoms with van der Waals surface area (Å²) < 4.78 is 53.3. The summed E-state index contributed by atoms with van der Waals surface area (Å²) in [5.41, 5.74) is 1.50. The van der Waals surface area contributed by atoms with Crippen molar-refractivity contribution in [2.75, 3.05) is 31.1 Å². The van der Waals surface area contributed by atoms with Gasteiger partial charge in [0.25, 0.3) is 0 Å². The van der Waals surface area contributed by atoms with E-state index < -0.39 is 26.6 Å². The molecular formula is C18H18F2N2O3S. The molecule has 1 fully saturated rings. The topological polar surface area (TPSA) is 57.7 Å². The van der Waals surface area contributed by atoms with Gasteiger partial charge < -0.3 is 4.90 Å². The van der Waals surface area contributed by atoms with Crippen molar-refractivity contribution in [2.45, 2.75) is 11.8 Å². The minimum absolute atomic E-state index is 0.0196. The SMILES string of the molecule is CC(=O)c1ccc(N2CCN(S(=O)(=O)c3ccc(F)cc3F)CC2)cc1. The average molecular weight is 380 g/mol. The quantitative estimate of drug-likeness (QED) is 0.766. The number of anilines is 1. The first-order chi connectivity index (χ1) is 12.3. The van der Waals surface area contributed by atoms with E-state index in [1.54, 1.807) is 12.1 Å². The number of piperazine rings is 1. The zero-order chi connectivity index (χ0) is 18.9. The van der Waals surface area contributed by atoms with Crippen LogP contribution in [0.2, 0.25) is 0 Å². The van der Waals surface area contributed by atoms with Gasteiger partial charge in [-0.25, -0.2) is 17.2 Å². The maximum atomic E-state index is 13.9. The summed E-state index contributed by atoms with van der Waals surface area (Å²) in [5.74, 6) is -1.93. The largest absolute Gasteiger partial charge is 0.369 e. The van der Waals surface area contributed by atoms with Gasteiger partial charge in [0.05, 0.1) is 0 Å². The van der Waals surface area contributed by atoms with Gasteiger partial charge in [0.2, 0.25) is 10.0 Å². The van der Waals surface area contributed by atoms with Crippen molar-refractivity contribution in [3.8, 4) is 0 Å². The van der Waals surface area contributed by atoms with Crippen LogP contribution in [0.4, 0.5) is 14.5 Å². The van der Waals surface area contributed by atoms with E-state index in [0.717, 1.165) is 17.8 Å². The highest BCUT2D eigenvalue weighted by molar-refractivity contribution is 7.89. The van der Waals surface area contributed by atoms with Crippen molar-refractivity contribution in [3.63, 3.8) is 0 Å². The zero-order valence-electron chi connectivity index (χ0n) is 14.2. The van der Waals surface area contributed by atoms with Crippen LogP contribution >= 0.6 is 0 Å². The highest BCUT2D eigenvalue weighted by Gasteiger charge is 2.30. The Labute approximate surface area is 150 Å². The van der Waals surface area contributed by atoms with Crippen molar-refractivity contribution < 1.29 is 22.0 Å². The lowest BCUT2D eigenvalue weighted by Gasteiger charge is -2.35. The Morgan fingerprint density at radius 3 is 2.12 bits per heavy atom. The van der Waals surface area contributed by atoms with Gasteiger partial charge in [0, 0.05) is 43.5 Å². The van der Waals surface area contributed by atoms with Crippen molar-refractivity contribution in [2.24, 2.45) is 0 Å². The Balaban J connectivity index is 1.72. The number of ketones is 1. The van der Waals surface area contributed by atoms with Crippen molar-refractivity contribution >= 4 is 21.5 Å². The number of Topliss-reactive ketones (excluding diaryl/α,β-unsaturated/α-hetero) is 1. The highest BCUT2D eigenvalue weighted by Crippen LogP contribution is 2.23. The van der Waals surface area contributed by atoms with Crippen LogP contribution in [-0.2, 0) is 10.0 Å². The Bertz CT molecular complexity index is 922. The molecule has 0 atom stereocenters.